The molecule has 0 aliphatic heterocycles. The summed E-state index contributed by atoms with van der Waals surface area (Å²) in [6.45, 7) is 11.0. The van der Waals surface area contributed by atoms with Gasteiger partial charge in [-0.25, -0.2) is 0 Å². The molecule has 3 heteroatoms. The van der Waals surface area contributed by atoms with Crippen LogP contribution in [-0.2, 0) is 6.42 Å². The third-order valence-corrected chi connectivity index (χ3v) is 4.15. The molecule has 18 heavy (non-hydrogen) atoms. The fourth-order valence-corrected chi connectivity index (χ4v) is 2.90. The zero-order valence-corrected chi connectivity index (χ0v) is 13.0. The van der Waals surface area contributed by atoms with Crippen molar-refractivity contribution in [3.63, 3.8) is 0 Å². The number of aryl methyl sites for hydroxylation is 2. The molecule has 1 atom stereocenters. The van der Waals surface area contributed by atoms with E-state index in [4.69, 9.17) is 5.84 Å². The fourth-order valence-electron chi connectivity index (χ4n) is 1.99. The van der Waals surface area contributed by atoms with E-state index in [-0.39, 0.29) is 4.75 Å². The van der Waals surface area contributed by atoms with E-state index in [0.717, 1.165) is 12.2 Å². The Morgan fingerprint density at radius 2 is 1.72 bits per heavy atom. The summed E-state index contributed by atoms with van der Waals surface area (Å²) in [4.78, 5) is 0. The second kappa shape index (κ2) is 6.60. The summed E-state index contributed by atoms with van der Waals surface area (Å²) in [7, 11) is 0. The Labute approximate surface area is 116 Å². The Bertz CT molecular complexity index is 362. The lowest BCUT2D eigenvalue weighted by Crippen LogP contribution is -2.39. The molecule has 0 saturated carbocycles. The molecule has 0 fully saturated rings. The van der Waals surface area contributed by atoms with Crippen molar-refractivity contribution in [1.82, 2.24) is 5.43 Å². The maximum absolute atomic E-state index is 5.66. The molecule has 0 spiro atoms. The summed E-state index contributed by atoms with van der Waals surface area (Å²) >= 11 is 1.95. The number of hydrogen-bond acceptors (Lipinski definition) is 3. The van der Waals surface area contributed by atoms with E-state index in [1.165, 1.54) is 16.7 Å². The van der Waals surface area contributed by atoms with E-state index in [2.05, 4.69) is 58.2 Å². The molecular weight excluding hydrogens is 240 g/mol. The molecule has 0 amide bonds. The number of thioether (sulfide) groups is 1. The first-order valence-electron chi connectivity index (χ1n) is 6.47. The van der Waals surface area contributed by atoms with Crippen LogP contribution in [0.5, 0.6) is 0 Å². The van der Waals surface area contributed by atoms with Gasteiger partial charge in [0.1, 0.15) is 0 Å². The molecule has 1 aromatic carbocycles. The van der Waals surface area contributed by atoms with Crippen LogP contribution in [0.15, 0.2) is 18.2 Å². The number of nitrogens with one attached hydrogen (secondary N) is 1. The van der Waals surface area contributed by atoms with Crippen LogP contribution in [0.1, 0.15) is 37.5 Å². The van der Waals surface area contributed by atoms with Gasteiger partial charge in [-0.05, 0) is 25.8 Å². The van der Waals surface area contributed by atoms with Crippen molar-refractivity contribution in [2.45, 2.75) is 51.8 Å². The third-order valence-electron chi connectivity index (χ3n) is 2.72. The predicted molar refractivity (Wildman–Crippen MR) is 82.9 cm³/mol. The van der Waals surface area contributed by atoms with Crippen LogP contribution in [0.2, 0.25) is 0 Å². The highest BCUT2D eigenvalue weighted by Crippen LogP contribution is 2.24. The van der Waals surface area contributed by atoms with Crippen LogP contribution in [0.3, 0.4) is 0 Å². The molecule has 1 aromatic rings. The van der Waals surface area contributed by atoms with E-state index in [1.54, 1.807) is 0 Å². The van der Waals surface area contributed by atoms with Crippen molar-refractivity contribution in [2.75, 3.05) is 5.75 Å². The summed E-state index contributed by atoms with van der Waals surface area (Å²) in [5.41, 5.74) is 6.95. The smallest absolute Gasteiger partial charge is 0.0341 e. The van der Waals surface area contributed by atoms with Gasteiger partial charge in [0.2, 0.25) is 0 Å². The van der Waals surface area contributed by atoms with Gasteiger partial charge in [-0.15, -0.1) is 0 Å². The number of benzene rings is 1. The van der Waals surface area contributed by atoms with Crippen LogP contribution in [0, 0.1) is 13.8 Å². The van der Waals surface area contributed by atoms with Crippen molar-refractivity contribution in [3.8, 4) is 0 Å². The van der Waals surface area contributed by atoms with E-state index < -0.39 is 0 Å². The van der Waals surface area contributed by atoms with Crippen molar-refractivity contribution < 1.29 is 0 Å². The molecule has 1 unspecified atom stereocenters. The lowest BCUT2D eigenvalue weighted by Gasteiger charge is -2.22. The Kier molecular flexibility index (Phi) is 5.70. The number of rotatable bonds is 5. The number of hydrogen-bond donors (Lipinski definition) is 2. The Hall–Kier alpha value is -0.510. The fraction of sp³-hybridized carbons (Fsp3) is 0.600. The molecule has 0 heterocycles. The van der Waals surface area contributed by atoms with Crippen molar-refractivity contribution in [2.24, 2.45) is 5.84 Å². The molecule has 0 bridgehead atoms. The minimum Gasteiger partial charge on any atom is -0.271 e. The van der Waals surface area contributed by atoms with Gasteiger partial charge in [0, 0.05) is 16.5 Å². The van der Waals surface area contributed by atoms with Crippen LogP contribution in [0.25, 0.3) is 0 Å². The molecule has 0 saturated heterocycles. The summed E-state index contributed by atoms with van der Waals surface area (Å²) in [5.74, 6) is 6.70. The van der Waals surface area contributed by atoms with Gasteiger partial charge >= 0.3 is 0 Å². The minimum atomic E-state index is 0.289. The van der Waals surface area contributed by atoms with Gasteiger partial charge in [0.05, 0.1) is 0 Å². The summed E-state index contributed by atoms with van der Waals surface area (Å²) in [5, 5.41) is 0. The molecule has 1 rings (SSSR count). The first-order chi connectivity index (χ1) is 8.30. The molecule has 2 nitrogen and oxygen atoms in total. The molecular formula is C15H26N2S. The van der Waals surface area contributed by atoms with Crippen LogP contribution in [-0.4, -0.2) is 16.5 Å². The van der Waals surface area contributed by atoms with Crippen molar-refractivity contribution in [3.05, 3.63) is 34.9 Å². The van der Waals surface area contributed by atoms with Gasteiger partial charge in [-0.1, -0.05) is 50.1 Å². The lowest BCUT2D eigenvalue weighted by molar-refractivity contribution is 0.573. The standard InChI is InChI=1S/C15H26N2S/c1-11-6-12(2)8-13(7-11)9-14(17-16)10-18-15(3,4)5/h6-8,14,17H,9-10,16H2,1-5H3. The van der Waals surface area contributed by atoms with Crippen LogP contribution >= 0.6 is 11.8 Å². The Morgan fingerprint density at radius 3 is 2.17 bits per heavy atom. The van der Waals surface area contributed by atoms with Crippen molar-refractivity contribution in [1.29, 1.82) is 0 Å². The normalized spacial score (nSPS) is 13.7. The lowest BCUT2D eigenvalue weighted by atomic mass is 10.0. The summed E-state index contributed by atoms with van der Waals surface area (Å²) in [6.07, 6.45) is 0.988. The zero-order valence-electron chi connectivity index (χ0n) is 12.2. The molecule has 0 aliphatic carbocycles. The van der Waals surface area contributed by atoms with Gasteiger partial charge in [0.25, 0.3) is 0 Å². The predicted octanol–water partition coefficient (Wildman–Crippen LogP) is 3.21. The number of hydrazine groups is 1. The Balaban J connectivity index is 2.62. The van der Waals surface area contributed by atoms with E-state index >= 15 is 0 Å². The highest BCUT2D eigenvalue weighted by molar-refractivity contribution is 8.00. The monoisotopic (exact) mass is 266 g/mol. The summed E-state index contributed by atoms with van der Waals surface area (Å²) in [6, 6.07) is 7.03. The van der Waals surface area contributed by atoms with Crippen molar-refractivity contribution >= 4 is 11.8 Å². The van der Waals surface area contributed by atoms with E-state index in [0.29, 0.717) is 6.04 Å². The number of nitrogens with two attached hydrogens (primary N) is 1. The molecule has 0 aromatic heterocycles. The highest BCUT2D eigenvalue weighted by Gasteiger charge is 2.15. The summed E-state index contributed by atoms with van der Waals surface area (Å²) < 4.78 is 0.289. The van der Waals surface area contributed by atoms with Gasteiger partial charge in [-0.3, -0.25) is 11.3 Å². The maximum atomic E-state index is 5.66. The molecule has 102 valence electrons. The van der Waals surface area contributed by atoms with Crippen LogP contribution < -0.4 is 11.3 Å². The second-order valence-corrected chi connectivity index (χ2v) is 7.83. The first-order valence-corrected chi connectivity index (χ1v) is 7.46. The quantitative estimate of drug-likeness (QED) is 0.635. The SMILES string of the molecule is Cc1cc(C)cc(CC(CSC(C)(C)C)NN)c1. The Morgan fingerprint density at radius 1 is 1.17 bits per heavy atom. The maximum Gasteiger partial charge on any atom is 0.0341 e. The minimum absolute atomic E-state index is 0.289. The molecule has 0 aliphatic rings. The first kappa shape index (κ1) is 15.5. The van der Waals surface area contributed by atoms with Gasteiger partial charge in [0.15, 0.2) is 0 Å². The zero-order chi connectivity index (χ0) is 13.8. The third kappa shape index (κ3) is 5.89. The highest BCUT2D eigenvalue weighted by atomic mass is 32.2. The van der Waals surface area contributed by atoms with Gasteiger partial charge in [-0.2, -0.15) is 11.8 Å². The van der Waals surface area contributed by atoms with Crippen LogP contribution in [0.4, 0.5) is 0 Å². The van der Waals surface area contributed by atoms with E-state index in [9.17, 15) is 0 Å². The van der Waals surface area contributed by atoms with E-state index in [1.807, 2.05) is 11.8 Å². The molecule has 0 radical (unpaired) electrons. The second-order valence-electron chi connectivity index (χ2n) is 5.99. The van der Waals surface area contributed by atoms with Gasteiger partial charge < -0.3 is 0 Å². The largest absolute Gasteiger partial charge is 0.271 e. The average molecular weight is 266 g/mol. The topological polar surface area (TPSA) is 38.0 Å². The average Bonchev–Trinajstić information content (AvgIpc) is 2.21. The molecule has 3 N–H and O–H groups in total.